The molecule has 0 aliphatic carbocycles. The van der Waals surface area contributed by atoms with Crippen molar-refractivity contribution < 1.29 is 27.6 Å². The Hall–Kier alpha value is -2.49. The summed E-state index contributed by atoms with van der Waals surface area (Å²) in [6, 6.07) is 6.93. The molecule has 1 aromatic heterocycles. The van der Waals surface area contributed by atoms with E-state index in [1.165, 1.54) is 38.4 Å². The molecule has 0 amide bonds. The van der Waals surface area contributed by atoms with Gasteiger partial charge in [0.1, 0.15) is 0 Å². The number of hydrogen-bond acceptors (Lipinski definition) is 6. The summed E-state index contributed by atoms with van der Waals surface area (Å²) < 4.78 is 31.9. The first kappa shape index (κ1) is 20.8. The number of benzene rings is 1. The van der Waals surface area contributed by atoms with E-state index in [1.807, 2.05) is 25.5 Å². The minimum Gasteiger partial charge on any atom is -0.454 e. The fraction of sp³-hybridized carbons (Fsp3) is 0.333. The smallest absolute Gasteiger partial charge is 0.338 e. The summed E-state index contributed by atoms with van der Waals surface area (Å²) in [5, 5.41) is 0. The Morgan fingerprint density at radius 2 is 1.74 bits per heavy atom. The molecule has 8 nitrogen and oxygen atoms in total. The van der Waals surface area contributed by atoms with Crippen LogP contribution in [0.4, 0.5) is 0 Å². The Morgan fingerprint density at radius 3 is 2.22 bits per heavy atom. The van der Waals surface area contributed by atoms with E-state index in [1.54, 1.807) is 6.07 Å². The van der Waals surface area contributed by atoms with Gasteiger partial charge in [-0.05, 0) is 44.2 Å². The highest BCUT2D eigenvalue weighted by Gasteiger charge is 2.21. The van der Waals surface area contributed by atoms with Crippen LogP contribution in [-0.4, -0.2) is 50.0 Å². The molecule has 0 unspecified atom stereocenters. The maximum absolute atomic E-state index is 12.3. The van der Waals surface area contributed by atoms with Gasteiger partial charge in [-0.2, -0.15) is 0 Å². The number of ether oxygens (including phenoxy) is 1. The lowest BCUT2D eigenvalue weighted by molar-refractivity contribution is -0.0258. The first-order valence-corrected chi connectivity index (χ1v) is 9.50. The molecule has 2 rings (SSSR count). The fourth-order valence-corrected chi connectivity index (χ4v) is 3.41. The van der Waals surface area contributed by atoms with E-state index in [2.05, 4.69) is 4.84 Å². The van der Waals surface area contributed by atoms with Crippen LogP contribution in [0.2, 0.25) is 0 Å². The van der Waals surface area contributed by atoms with E-state index in [4.69, 9.17) is 4.74 Å². The number of nitrogens with zero attached hydrogens (tertiary/aromatic N) is 2. The van der Waals surface area contributed by atoms with Gasteiger partial charge in [-0.25, -0.2) is 13.2 Å². The first-order chi connectivity index (χ1) is 12.6. The zero-order chi connectivity index (χ0) is 20.4. The number of sulfonamides is 1. The van der Waals surface area contributed by atoms with Crippen molar-refractivity contribution in [3.05, 3.63) is 52.8 Å². The van der Waals surface area contributed by atoms with Gasteiger partial charge in [0.25, 0.3) is 10.0 Å². The van der Waals surface area contributed by atoms with Crippen LogP contribution < -0.4 is 0 Å². The second-order valence-electron chi connectivity index (χ2n) is 5.96. The van der Waals surface area contributed by atoms with Gasteiger partial charge in [0, 0.05) is 31.0 Å². The van der Waals surface area contributed by atoms with E-state index in [9.17, 15) is 18.0 Å². The van der Waals surface area contributed by atoms with Crippen molar-refractivity contribution in [3.63, 3.8) is 0 Å². The van der Waals surface area contributed by atoms with Crippen molar-refractivity contribution in [1.82, 2.24) is 9.04 Å². The Balaban J connectivity index is 2.06. The predicted octanol–water partition coefficient (Wildman–Crippen LogP) is 1.86. The zero-order valence-electron chi connectivity index (χ0n) is 15.8. The lowest BCUT2D eigenvalue weighted by Gasteiger charge is -2.14. The van der Waals surface area contributed by atoms with Crippen LogP contribution in [0.3, 0.4) is 0 Å². The molecule has 0 radical (unpaired) electrons. The standard InChI is InChI=1S/C18H22N2O6S/c1-12-10-16(13(2)19(12)3)17(21)11-26-18(22)14-6-8-15(9-7-14)27(23,24)20(4)25-5/h6-10H,11H2,1-5H3. The summed E-state index contributed by atoms with van der Waals surface area (Å²) in [5.74, 6) is -1.01. The molecule has 2 aromatic rings. The van der Waals surface area contributed by atoms with Crippen LogP contribution in [0.25, 0.3) is 0 Å². The molecule has 1 aromatic carbocycles. The molecule has 0 atom stereocenters. The molecule has 27 heavy (non-hydrogen) atoms. The van der Waals surface area contributed by atoms with Gasteiger partial charge in [-0.3, -0.25) is 9.63 Å². The van der Waals surface area contributed by atoms with Crippen molar-refractivity contribution in [2.45, 2.75) is 18.7 Å². The quantitative estimate of drug-likeness (QED) is 0.404. The summed E-state index contributed by atoms with van der Waals surface area (Å²) in [7, 11) is 0.547. The number of Topliss-reactive ketones (excluding diaryl/α,β-unsaturated/α-hetero) is 1. The third kappa shape index (κ3) is 4.26. The first-order valence-electron chi connectivity index (χ1n) is 8.06. The topological polar surface area (TPSA) is 94.9 Å². The monoisotopic (exact) mass is 394 g/mol. The maximum atomic E-state index is 12.3. The summed E-state index contributed by atoms with van der Waals surface area (Å²) in [6.45, 7) is 3.31. The van der Waals surface area contributed by atoms with Crippen LogP contribution in [0, 0.1) is 13.8 Å². The van der Waals surface area contributed by atoms with Crippen LogP contribution in [0.1, 0.15) is 32.1 Å². The molecule has 9 heteroatoms. The molecule has 0 aliphatic heterocycles. The van der Waals surface area contributed by atoms with E-state index in [0.29, 0.717) is 10.0 Å². The number of hydroxylamine groups is 1. The number of carbonyl (C=O) groups is 2. The van der Waals surface area contributed by atoms with Crippen molar-refractivity contribution in [2.24, 2.45) is 7.05 Å². The maximum Gasteiger partial charge on any atom is 0.338 e. The molecular formula is C18H22N2O6S. The molecular weight excluding hydrogens is 372 g/mol. The highest BCUT2D eigenvalue weighted by molar-refractivity contribution is 7.89. The summed E-state index contributed by atoms with van der Waals surface area (Å²) in [6.07, 6.45) is 0. The Kier molecular flexibility index (Phi) is 6.19. The van der Waals surface area contributed by atoms with Gasteiger partial charge in [0.15, 0.2) is 6.61 Å². The van der Waals surface area contributed by atoms with E-state index in [0.717, 1.165) is 11.4 Å². The highest BCUT2D eigenvalue weighted by Crippen LogP contribution is 2.17. The average molecular weight is 394 g/mol. The molecule has 0 aliphatic rings. The highest BCUT2D eigenvalue weighted by atomic mass is 32.2. The summed E-state index contributed by atoms with van der Waals surface area (Å²) in [5.41, 5.74) is 2.38. The molecule has 0 N–H and O–H groups in total. The molecule has 0 fully saturated rings. The zero-order valence-corrected chi connectivity index (χ0v) is 16.7. The number of carbonyl (C=O) groups excluding carboxylic acids is 2. The van der Waals surface area contributed by atoms with Crippen molar-refractivity contribution >= 4 is 21.8 Å². The average Bonchev–Trinajstić information content (AvgIpc) is 2.92. The molecule has 146 valence electrons. The Bertz CT molecular complexity index is 960. The van der Waals surface area contributed by atoms with Crippen molar-refractivity contribution in [3.8, 4) is 0 Å². The largest absolute Gasteiger partial charge is 0.454 e. The number of hydrogen-bond donors (Lipinski definition) is 0. The van der Waals surface area contributed by atoms with Crippen LogP contribution >= 0.6 is 0 Å². The Morgan fingerprint density at radius 1 is 1.15 bits per heavy atom. The number of aromatic nitrogens is 1. The lowest BCUT2D eigenvalue weighted by Crippen LogP contribution is -2.25. The third-order valence-corrected chi connectivity index (χ3v) is 6.09. The number of aryl methyl sites for hydroxylation is 1. The molecule has 0 saturated heterocycles. The van der Waals surface area contributed by atoms with Gasteiger partial charge < -0.3 is 9.30 Å². The minimum atomic E-state index is -3.80. The van der Waals surface area contributed by atoms with Crippen molar-refractivity contribution in [1.29, 1.82) is 0 Å². The molecule has 0 saturated carbocycles. The molecule has 0 spiro atoms. The Labute approximate surface area is 158 Å². The molecule has 1 heterocycles. The number of ketones is 1. The van der Waals surface area contributed by atoms with Crippen LogP contribution in [-0.2, 0) is 26.6 Å². The number of esters is 1. The second kappa shape index (κ2) is 8.03. The lowest BCUT2D eigenvalue weighted by atomic mass is 10.1. The van der Waals surface area contributed by atoms with Gasteiger partial charge in [0.2, 0.25) is 5.78 Å². The number of rotatable bonds is 7. The van der Waals surface area contributed by atoms with Crippen LogP contribution in [0.5, 0.6) is 0 Å². The SMILES string of the molecule is CON(C)S(=O)(=O)c1ccc(C(=O)OCC(=O)c2cc(C)n(C)c2C)cc1. The van der Waals surface area contributed by atoms with Gasteiger partial charge in [-0.1, -0.05) is 4.47 Å². The molecule has 0 bridgehead atoms. The van der Waals surface area contributed by atoms with Crippen molar-refractivity contribution in [2.75, 3.05) is 20.8 Å². The van der Waals surface area contributed by atoms with Gasteiger partial charge in [0.05, 0.1) is 17.6 Å². The van der Waals surface area contributed by atoms with E-state index >= 15 is 0 Å². The second-order valence-corrected chi connectivity index (χ2v) is 7.90. The van der Waals surface area contributed by atoms with E-state index in [-0.39, 0.29) is 16.2 Å². The third-order valence-electron chi connectivity index (χ3n) is 4.39. The van der Waals surface area contributed by atoms with Crippen LogP contribution in [0.15, 0.2) is 35.2 Å². The van der Waals surface area contributed by atoms with Gasteiger partial charge in [-0.15, -0.1) is 0 Å². The minimum absolute atomic E-state index is 0.0325. The summed E-state index contributed by atoms with van der Waals surface area (Å²) in [4.78, 5) is 29.1. The summed E-state index contributed by atoms with van der Waals surface area (Å²) >= 11 is 0. The fourth-order valence-electron chi connectivity index (χ4n) is 2.44. The predicted molar refractivity (Wildman–Crippen MR) is 97.9 cm³/mol. The van der Waals surface area contributed by atoms with E-state index < -0.39 is 22.6 Å². The van der Waals surface area contributed by atoms with Gasteiger partial charge >= 0.3 is 5.97 Å². The normalized spacial score (nSPS) is 11.6.